The summed E-state index contributed by atoms with van der Waals surface area (Å²) in [6.07, 6.45) is 1.46. The van der Waals surface area contributed by atoms with Gasteiger partial charge in [0, 0.05) is 5.21 Å². The van der Waals surface area contributed by atoms with Gasteiger partial charge in [-0.05, 0) is 12.1 Å². The molecular formula is C11H14F6N5OP. The van der Waals surface area contributed by atoms with Crippen LogP contribution in [0, 0.1) is 5.21 Å². The van der Waals surface area contributed by atoms with E-state index in [1.54, 1.807) is 4.68 Å². The number of aromatic nitrogens is 3. The Morgan fingerprint density at radius 3 is 2.04 bits per heavy atom. The van der Waals surface area contributed by atoms with Crippen LogP contribution in [0.3, 0.4) is 0 Å². The second kappa shape index (κ2) is 5.69. The van der Waals surface area contributed by atoms with Crippen molar-refractivity contribution in [3.05, 3.63) is 29.5 Å². The van der Waals surface area contributed by atoms with E-state index in [0.717, 1.165) is 15.8 Å². The second-order valence-corrected chi connectivity index (χ2v) is 6.79. The first kappa shape index (κ1) is 19.8. The van der Waals surface area contributed by atoms with Crippen LogP contribution in [0.4, 0.5) is 25.2 Å². The first-order valence-electron chi connectivity index (χ1n) is 6.21. The molecule has 0 spiro atoms. The third kappa shape index (κ3) is 7.86. The summed E-state index contributed by atoms with van der Waals surface area (Å²) in [4.78, 5) is 0. The fourth-order valence-electron chi connectivity index (χ4n) is 1.56. The van der Waals surface area contributed by atoms with E-state index < -0.39 is 7.81 Å². The Balaban J connectivity index is 0.000000351. The number of rotatable bonds is 1. The topological polar surface area (TPSA) is 59.8 Å². The molecule has 0 fully saturated rings. The summed E-state index contributed by atoms with van der Waals surface area (Å²) in [5.74, 6) is 0.663. The molecule has 2 rings (SSSR count). The van der Waals surface area contributed by atoms with Crippen LogP contribution in [0.25, 0.3) is 11.0 Å². The van der Waals surface area contributed by atoms with Gasteiger partial charge in [0.05, 0.1) is 14.1 Å². The number of benzene rings is 1. The molecule has 0 saturated carbocycles. The molecular weight excluding hydrogens is 363 g/mol. The van der Waals surface area contributed by atoms with Crippen molar-refractivity contribution in [3.8, 4) is 0 Å². The standard InChI is InChI=1S/C11H14N5O.F6P/c1-14(2)11(8-15(3)17)16-10-7-5-4-6-9(10)12-13-16;1-7(2,3,4,5)6/h4-8H,1-3H3;/q+1;-1. The Hall–Kier alpha value is -2.23. The molecule has 0 radical (unpaired) electrons. The van der Waals surface area contributed by atoms with Gasteiger partial charge in [-0.2, -0.15) is 0 Å². The molecule has 13 heteroatoms. The normalized spacial score (nSPS) is 15.1. The van der Waals surface area contributed by atoms with Crippen LogP contribution in [-0.2, 0) is 0 Å². The molecule has 6 nitrogen and oxygen atoms in total. The molecule has 0 saturated heterocycles. The molecule has 2 aromatic rings. The molecule has 0 N–H and O–H groups in total. The van der Waals surface area contributed by atoms with Gasteiger partial charge in [0.2, 0.25) is 0 Å². The number of hydrogen-bond donors (Lipinski definition) is 0. The van der Waals surface area contributed by atoms with Crippen LogP contribution >= 0.6 is 7.81 Å². The minimum absolute atomic E-state index is 0.663. The van der Waals surface area contributed by atoms with E-state index in [1.807, 2.05) is 42.9 Å². The van der Waals surface area contributed by atoms with Crippen molar-refractivity contribution in [2.45, 2.75) is 0 Å². The molecule has 0 aliphatic rings. The Bertz CT molecular complexity index is 792. The summed E-state index contributed by atoms with van der Waals surface area (Å²) < 4.78 is 63.4. The Labute approximate surface area is 132 Å². The van der Waals surface area contributed by atoms with Crippen LogP contribution in [0.2, 0.25) is 0 Å². The SMILES string of the molecule is C[N+]([O-])=CC(n1nnc2ccccc21)=[N+](C)C.F[P-](F)(F)(F)(F)F. The van der Waals surface area contributed by atoms with Gasteiger partial charge in [-0.15, -0.1) is 5.10 Å². The van der Waals surface area contributed by atoms with E-state index >= 15 is 0 Å². The van der Waals surface area contributed by atoms with Crippen LogP contribution in [0.15, 0.2) is 24.3 Å². The van der Waals surface area contributed by atoms with E-state index in [9.17, 15) is 30.4 Å². The molecule has 0 bridgehead atoms. The molecule has 0 unspecified atom stereocenters. The van der Waals surface area contributed by atoms with Crippen molar-refractivity contribution in [2.24, 2.45) is 0 Å². The fraction of sp³-hybridized carbons (Fsp3) is 0.273. The van der Waals surface area contributed by atoms with Gasteiger partial charge in [0.25, 0.3) is 6.21 Å². The molecule has 0 amide bonds. The van der Waals surface area contributed by atoms with Gasteiger partial charge in [0.15, 0.2) is 5.52 Å². The van der Waals surface area contributed by atoms with E-state index in [1.165, 1.54) is 13.3 Å². The first-order valence-corrected chi connectivity index (χ1v) is 8.24. The average molecular weight is 377 g/mol. The number of para-hydroxylation sites is 1. The van der Waals surface area contributed by atoms with E-state index in [0.29, 0.717) is 5.84 Å². The molecule has 0 aliphatic heterocycles. The van der Waals surface area contributed by atoms with Gasteiger partial charge >= 0.3 is 38.8 Å². The molecule has 0 atom stereocenters. The monoisotopic (exact) mass is 377 g/mol. The van der Waals surface area contributed by atoms with Gasteiger partial charge in [-0.3, -0.25) is 4.58 Å². The van der Waals surface area contributed by atoms with Crippen molar-refractivity contribution in [3.63, 3.8) is 0 Å². The van der Waals surface area contributed by atoms with Gasteiger partial charge in [-0.1, -0.05) is 16.8 Å². The summed E-state index contributed by atoms with van der Waals surface area (Å²) in [5, 5.41) is 19.3. The quantitative estimate of drug-likeness (QED) is 0.145. The fourth-order valence-corrected chi connectivity index (χ4v) is 1.56. The summed E-state index contributed by atoms with van der Waals surface area (Å²) >= 11 is 0. The number of hydroxylamine groups is 1. The number of halogens is 6. The van der Waals surface area contributed by atoms with Crippen molar-refractivity contribution >= 4 is 30.9 Å². The number of hydrogen-bond acceptors (Lipinski definition) is 3. The third-order valence-corrected chi connectivity index (χ3v) is 2.32. The average Bonchev–Trinajstić information content (AvgIpc) is 2.75. The van der Waals surface area contributed by atoms with Crippen LogP contribution < -0.4 is 0 Å². The molecule has 1 aromatic heterocycles. The number of fused-ring (bicyclic) bond motifs is 1. The van der Waals surface area contributed by atoms with Crippen LogP contribution in [0.1, 0.15) is 0 Å². The van der Waals surface area contributed by atoms with Crippen molar-refractivity contribution in [1.82, 2.24) is 15.0 Å². The molecule has 1 heterocycles. The minimum atomic E-state index is -10.7. The predicted octanol–water partition coefficient (Wildman–Crippen LogP) is 3.54. The predicted molar refractivity (Wildman–Crippen MR) is 79.2 cm³/mol. The Kier molecular flexibility index (Phi) is 4.70. The van der Waals surface area contributed by atoms with Gasteiger partial charge < -0.3 is 5.21 Å². The van der Waals surface area contributed by atoms with Crippen molar-refractivity contribution in [1.29, 1.82) is 0 Å². The van der Waals surface area contributed by atoms with Crippen molar-refractivity contribution in [2.75, 3.05) is 21.1 Å². The van der Waals surface area contributed by atoms with Gasteiger partial charge in [0.1, 0.15) is 12.6 Å². The van der Waals surface area contributed by atoms with E-state index in [4.69, 9.17) is 0 Å². The van der Waals surface area contributed by atoms with E-state index in [-0.39, 0.29) is 0 Å². The number of nitrogens with zero attached hydrogens (tertiary/aromatic N) is 5. The zero-order chi connectivity index (χ0) is 18.8. The molecule has 136 valence electrons. The second-order valence-electron chi connectivity index (χ2n) is 4.88. The summed E-state index contributed by atoms with van der Waals surface area (Å²) in [6.45, 7) is 0. The Morgan fingerprint density at radius 1 is 1.08 bits per heavy atom. The molecule has 1 aromatic carbocycles. The van der Waals surface area contributed by atoms with Crippen molar-refractivity contribution < 1.29 is 34.5 Å². The summed E-state index contributed by atoms with van der Waals surface area (Å²) in [6, 6.07) is 7.61. The molecule has 0 aliphatic carbocycles. The third-order valence-electron chi connectivity index (χ3n) is 2.32. The molecule has 24 heavy (non-hydrogen) atoms. The Morgan fingerprint density at radius 2 is 1.58 bits per heavy atom. The van der Waals surface area contributed by atoms with Gasteiger partial charge in [-0.25, -0.2) is 4.74 Å². The summed E-state index contributed by atoms with van der Waals surface area (Å²) in [5.41, 5.74) is 1.67. The zero-order valence-electron chi connectivity index (χ0n) is 12.7. The van der Waals surface area contributed by atoms with Crippen LogP contribution in [-0.4, -0.2) is 57.5 Å². The van der Waals surface area contributed by atoms with Crippen LogP contribution in [0.5, 0.6) is 0 Å². The maximum atomic E-state index is 11.1. The van der Waals surface area contributed by atoms with E-state index in [2.05, 4.69) is 10.3 Å². The first-order chi connectivity index (χ1) is 10.5. The summed E-state index contributed by atoms with van der Waals surface area (Å²) in [7, 11) is -5.52. The maximum absolute atomic E-state index is 11.1. The zero-order valence-corrected chi connectivity index (χ0v) is 13.6.